The molecule has 134 valence electrons. The molecule has 1 aliphatic rings. The minimum Gasteiger partial charge on any atom is -0.481 e. The molecule has 0 amide bonds. The van der Waals surface area contributed by atoms with E-state index in [1.165, 1.54) is 0 Å². The molecule has 0 saturated carbocycles. The normalized spacial score (nSPS) is 18.9. The van der Waals surface area contributed by atoms with Gasteiger partial charge in [0.2, 0.25) is 0 Å². The highest BCUT2D eigenvalue weighted by Gasteiger charge is 2.27. The summed E-state index contributed by atoms with van der Waals surface area (Å²) in [6, 6.07) is 5.26. The monoisotopic (exact) mass is 384 g/mol. The summed E-state index contributed by atoms with van der Waals surface area (Å²) in [5.41, 5.74) is 2.06. The number of rotatable bonds is 4. The number of carboxylic acid groups (broad SMARTS) is 1. The molecule has 1 aromatic heterocycles. The summed E-state index contributed by atoms with van der Waals surface area (Å²) < 4.78 is 10.8. The van der Waals surface area contributed by atoms with E-state index >= 15 is 0 Å². The lowest BCUT2D eigenvalue weighted by Gasteiger charge is -2.21. The van der Waals surface area contributed by atoms with Crippen molar-refractivity contribution in [2.24, 2.45) is 5.92 Å². The summed E-state index contributed by atoms with van der Waals surface area (Å²) in [6.07, 6.45) is 0. The molecule has 1 aliphatic heterocycles. The first-order valence-corrected chi connectivity index (χ1v) is 8.65. The number of hydrogen-bond acceptors (Lipinski definition) is 5. The molecule has 1 atom stereocenters. The second-order valence-electron chi connectivity index (χ2n) is 6.01. The van der Waals surface area contributed by atoms with Crippen LogP contribution in [0, 0.1) is 12.8 Å². The smallest absolute Gasteiger partial charge is 0.310 e. The van der Waals surface area contributed by atoms with Gasteiger partial charge in [0.05, 0.1) is 29.2 Å². The average molecular weight is 385 g/mol. The quantitative estimate of drug-likeness (QED) is 0.869. The molecule has 1 unspecified atom stereocenters. The van der Waals surface area contributed by atoms with Gasteiger partial charge in [0.15, 0.2) is 0 Å². The van der Waals surface area contributed by atoms with E-state index < -0.39 is 11.9 Å². The molecule has 0 aliphatic carbocycles. The van der Waals surface area contributed by atoms with Crippen molar-refractivity contribution in [3.8, 4) is 11.3 Å². The lowest BCUT2D eigenvalue weighted by atomic mass is 10.0. The number of nitrogens with zero attached hydrogens (tertiary/aromatic N) is 2. The molecule has 1 saturated heterocycles. The van der Waals surface area contributed by atoms with Gasteiger partial charge in [-0.25, -0.2) is 0 Å². The summed E-state index contributed by atoms with van der Waals surface area (Å²) in [6.45, 7) is 4.03. The molecule has 0 radical (unpaired) electrons. The number of halogens is 2. The second kappa shape index (κ2) is 7.74. The van der Waals surface area contributed by atoms with Crippen LogP contribution in [0.5, 0.6) is 0 Å². The number of aryl methyl sites for hydroxylation is 1. The van der Waals surface area contributed by atoms with Gasteiger partial charge in [-0.1, -0.05) is 34.4 Å². The van der Waals surface area contributed by atoms with Crippen molar-refractivity contribution in [2.75, 3.05) is 26.3 Å². The van der Waals surface area contributed by atoms with Gasteiger partial charge in [0.25, 0.3) is 0 Å². The van der Waals surface area contributed by atoms with Crippen LogP contribution < -0.4 is 0 Å². The van der Waals surface area contributed by atoms with Crippen molar-refractivity contribution in [2.45, 2.75) is 13.5 Å². The predicted molar refractivity (Wildman–Crippen MR) is 93.9 cm³/mol. The lowest BCUT2D eigenvalue weighted by molar-refractivity contribution is -0.143. The van der Waals surface area contributed by atoms with Crippen LogP contribution in [-0.4, -0.2) is 47.4 Å². The van der Waals surface area contributed by atoms with E-state index in [1.807, 2.05) is 11.8 Å². The summed E-state index contributed by atoms with van der Waals surface area (Å²) in [5, 5.41) is 14.4. The first-order valence-electron chi connectivity index (χ1n) is 7.89. The van der Waals surface area contributed by atoms with Crippen molar-refractivity contribution in [3.63, 3.8) is 0 Å². The Morgan fingerprint density at radius 1 is 1.40 bits per heavy atom. The van der Waals surface area contributed by atoms with Crippen molar-refractivity contribution in [3.05, 3.63) is 39.6 Å². The third-order valence-corrected chi connectivity index (χ3v) is 4.89. The number of benzene rings is 1. The molecular formula is C17H18Cl2N2O4. The fourth-order valence-corrected chi connectivity index (χ4v) is 3.47. The Labute approximate surface area is 155 Å². The van der Waals surface area contributed by atoms with E-state index in [9.17, 15) is 9.90 Å². The summed E-state index contributed by atoms with van der Waals surface area (Å²) in [4.78, 5) is 13.4. The molecule has 0 bridgehead atoms. The SMILES string of the molecule is Cc1onc(-c2c(Cl)cccc2Cl)c1CN1CCOCC(C(=O)O)C1. The fraction of sp³-hybridized carbons (Fsp3) is 0.412. The van der Waals surface area contributed by atoms with Crippen molar-refractivity contribution >= 4 is 29.2 Å². The van der Waals surface area contributed by atoms with Gasteiger partial charge in [-0.3, -0.25) is 9.69 Å². The van der Waals surface area contributed by atoms with Gasteiger partial charge < -0.3 is 14.4 Å². The topological polar surface area (TPSA) is 75.8 Å². The molecule has 1 aromatic carbocycles. The predicted octanol–water partition coefficient (Wildman–Crippen LogP) is 3.49. The van der Waals surface area contributed by atoms with Crippen molar-refractivity contribution < 1.29 is 19.2 Å². The van der Waals surface area contributed by atoms with Crippen LogP contribution in [0.2, 0.25) is 10.0 Å². The summed E-state index contributed by atoms with van der Waals surface area (Å²) in [5.74, 6) is -0.763. The third kappa shape index (κ3) is 3.98. The Morgan fingerprint density at radius 3 is 2.80 bits per heavy atom. The number of hydrogen-bond donors (Lipinski definition) is 1. The van der Waals surface area contributed by atoms with E-state index in [4.69, 9.17) is 32.5 Å². The largest absolute Gasteiger partial charge is 0.481 e. The number of ether oxygens (including phenoxy) is 1. The Hall–Kier alpha value is -1.60. The maximum Gasteiger partial charge on any atom is 0.310 e. The number of carbonyl (C=O) groups is 1. The zero-order valence-electron chi connectivity index (χ0n) is 13.7. The van der Waals surface area contributed by atoms with Crippen LogP contribution in [0.15, 0.2) is 22.7 Å². The highest BCUT2D eigenvalue weighted by Crippen LogP contribution is 2.37. The number of aromatic nitrogens is 1. The first kappa shape index (κ1) is 18.2. The average Bonchev–Trinajstić information content (AvgIpc) is 2.78. The minimum atomic E-state index is -0.858. The Morgan fingerprint density at radius 2 is 2.12 bits per heavy atom. The molecule has 2 heterocycles. The third-order valence-electron chi connectivity index (χ3n) is 4.26. The molecular weight excluding hydrogens is 367 g/mol. The molecule has 0 spiro atoms. The lowest BCUT2D eigenvalue weighted by Crippen LogP contribution is -2.33. The van der Waals surface area contributed by atoms with E-state index in [0.29, 0.717) is 53.3 Å². The van der Waals surface area contributed by atoms with Crippen molar-refractivity contribution in [1.82, 2.24) is 10.1 Å². The van der Waals surface area contributed by atoms with Crippen LogP contribution >= 0.6 is 23.2 Å². The molecule has 8 heteroatoms. The highest BCUT2D eigenvalue weighted by atomic mass is 35.5. The summed E-state index contributed by atoms with van der Waals surface area (Å²) in [7, 11) is 0. The Balaban J connectivity index is 1.91. The molecule has 1 fully saturated rings. The van der Waals surface area contributed by atoms with Crippen LogP contribution in [0.4, 0.5) is 0 Å². The minimum absolute atomic E-state index is 0.220. The van der Waals surface area contributed by atoms with Gasteiger partial charge in [-0.05, 0) is 19.1 Å². The Kier molecular flexibility index (Phi) is 5.64. The molecule has 1 N–H and O–H groups in total. The van der Waals surface area contributed by atoms with E-state index in [1.54, 1.807) is 18.2 Å². The van der Waals surface area contributed by atoms with Gasteiger partial charge in [0, 0.05) is 30.8 Å². The molecule has 3 rings (SSSR count). The van der Waals surface area contributed by atoms with E-state index in [-0.39, 0.29) is 6.61 Å². The maximum absolute atomic E-state index is 11.3. The molecule has 6 nitrogen and oxygen atoms in total. The van der Waals surface area contributed by atoms with Crippen LogP contribution in [-0.2, 0) is 16.1 Å². The zero-order chi connectivity index (χ0) is 18.0. The molecule has 2 aromatic rings. The Bertz CT molecular complexity index is 758. The van der Waals surface area contributed by atoms with E-state index in [0.717, 1.165) is 5.56 Å². The fourth-order valence-electron chi connectivity index (χ4n) is 2.89. The first-order chi connectivity index (χ1) is 12.0. The number of aliphatic carboxylic acids is 1. The second-order valence-corrected chi connectivity index (χ2v) is 6.82. The molecule has 25 heavy (non-hydrogen) atoms. The summed E-state index contributed by atoms with van der Waals surface area (Å²) >= 11 is 12.6. The number of carboxylic acids is 1. The van der Waals surface area contributed by atoms with Gasteiger partial charge >= 0.3 is 5.97 Å². The van der Waals surface area contributed by atoms with Gasteiger partial charge in [-0.2, -0.15) is 0 Å². The van der Waals surface area contributed by atoms with Gasteiger partial charge in [-0.15, -0.1) is 0 Å². The zero-order valence-corrected chi connectivity index (χ0v) is 15.2. The van der Waals surface area contributed by atoms with E-state index in [2.05, 4.69) is 5.16 Å². The van der Waals surface area contributed by atoms with Crippen LogP contribution in [0.1, 0.15) is 11.3 Å². The highest BCUT2D eigenvalue weighted by molar-refractivity contribution is 6.39. The standard InChI is InChI=1S/C17H18Cl2N2O4/c1-10-12(8-21-5-6-24-9-11(7-21)17(22)23)16(20-25-10)15-13(18)3-2-4-14(15)19/h2-4,11H,5-9H2,1H3,(H,22,23). The van der Waals surface area contributed by atoms with Crippen LogP contribution in [0.3, 0.4) is 0 Å². The van der Waals surface area contributed by atoms with Crippen molar-refractivity contribution in [1.29, 1.82) is 0 Å². The maximum atomic E-state index is 11.3. The van der Waals surface area contributed by atoms with Crippen LogP contribution in [0.25, 0.3) is 11.3 Å². The van der Waals surface area contributed by atoms with Gasteiger partial charge in [0.1, 0.15) is 11.5 Å².